The topological polar surface area (TPSA) is 75.3 Å². The highest BCUT2D eigenvalue weighted by Crippen LogP contribution is 2.19. The number of aryl methyl sites for hydroxylation is 1. The molecule has 7 heteroatoms. The predicted molar refractivity (Wildman–Crippen MR) is 60.5 cm³/mol. The molecule has 1 aromatic heterocycles. The van der Waals surface area contributed by atoms with Crippen LogP contribution in [0.1, 0.15) is 16.1 Å². The van der Waals surface area contributed by atoms with Crippen molar-refractivity contribution < 1.29 is 9.63 Å². The van der Waals surface area contributed by atoms with Crippen LogP contribution in [0.4, 0.5) is 0 Å². The first kappa shape index (κ1) is 12.7. The summed E-state index contributed by atoms with van der Waals surface area (Å²) in [6.07, 6.45) is 1.75. The van der Waals surface area contributed by atoms with E-state index in [0.717, 1.165) is 5.06 Å². The molecule has 0 bridgehead atoms. The molecule has 16 heavy (non-hydrogen) atoms. The summed E-state index contributed by atoms with van der Waals surface area (Å²) in [5, 5.41) is 1.48. The summed E-state index contributed by atoms with van der Waals surface area (Å²) < 4.78 is 0. The second-order valence-corrected chi connectivity index (χ2v) is 3.83. The lowest BCUT2D eigenvalue weighted by Gasteiger charge is -2.16. The molecule has 1 aromatic rings. The number of hydroxylamine groups is 2. The summed E-state index contributed by atoms with van der Waals surface area (Å²) in [6.45, 7) is 1.65. The number of amides is 1. The molecule has 0 radical (unpaired) electrons. The van der Waals surface area contributed by atoms with Crippen molar-refractivity contribution in [3.8, 4) is 0 Å². The maximum Gasteiger partial charge on any atom is 0.346 e. The van der Waals surface area contributed by atoms with E-state index >= 15 is 0 Å². The number of rotatable bonds is 3. The Balaban J connectivity index is 3.32. The van der Waals surface area contributed by atoms with Crippen molar-refractivity contribution in [2.45, 2.75) is 11.9 Å². The summed E-state index contributed by atoms with van der Waals surface area (Å²) >= 11 is 1.25. The number of aromatic nitrogens is 2. The highest BCUT2D eigenvalue weighted by Gasteiger charge is 2.20. The lowest BCUT2D eigenvalue weighted by atomic mass is 10.2. The highest BCUT2D eigenvalue weighted by molar-refractivity contribution is 7.98. The van der Waals surface area contributed by atoms with Gasteiger partial charge in [0.15, 0.2) is 0 Å². The Morgan fingerprint density at radius 1 is 1.56 bits per heavy atom. The zero-order chi connectivity index (χ0) is 12.3. The molecule has 0 aromatic carbocycles. The van der Waals surface area contributed by atoms with E-state index in [-0.39, 0.29) is 5.91 Å². The Labute approximate surface area is 97.0 Å². The van der Waals surface area contributed by atoms with Crippen molar-refractivity contribution in [3.05, 3.63) is 21.7 Å². The minimum Gasteiger partial charge on any atom is -0.309 e. The van der Waals surface area contributed by atoms with Crippen LogP contribution in [0.5, 0.6) is 0 Å². The average molecular weight is 243 g/mol. The summed E-state index contributed by atoms with van der Waals surface area (Å²) in [6, 6.07) is 0. The van der Waals surface area contributed by atoms with Gasteiger partial charge in [0, 0.05) is 12.7 Å². The first-order valence-electron chi connectivity index (χ1n) is 4.48. The van der Waals surface area contributed by atoms with Gasteiger partial charge in [0.05, 0.1) is 12.7 Å². The van der Waals surface area contributed by atoms with Gasteiger partial charge in [-0.3, -0.25) is 9.63 Å². The molecular weight excluding hydrogens is 230 g/mol. The standard InChI is InChI=1S/C9H13N3O3S/c1-5-6(8(13)12(2)15-3)7(16-4)11-9(14)10-5/h1-4H3,(H,10,11,14). The molecular formula is C9H13N3O3S. The Morgan fingerprint density at radius 3 is 2.69 bits per heavy atom. The molecule has 0 saturated heterocycles. The van der Waals surface area contributed by atoms with Crippen LogP contribution in [0, 0.1) is 6.92 Å². The number of hydrogen-bond donors (Lipinski definition) is 1. The second kappa shape index (κ2) is 5.13. The van der Waals surface area contributed by atoms with Gasteiger partial charge in [-0.25, -0.2) is 9.86 Å². The monoisotopic (exact) mass is 243 g/mol. The van der Waals surface area contributed by atoms with Gasteiger partial charge in [0.25, 0.3) is 5.91 Å². The SMILES string of the molecule is CON(C)C(=O)c1c(SC)nc(=O)[nH]c1C. The molecule has 0 aliphatic carbocycles. The molecule has 0 unspecified atom stereocenters. The normalized spacial score (nSPS) is 10.2. The van der Waals surface area contributed by atoms with Crippen LogP contribution < -0.4 is 5.69 Å². The zero-order valence-corrected chi connectivity index (χ0v) is 10.3. The molecule has 0 spiro atoms. The molecule has 0 saturated carbocycles. The smallest absolute Gasteiger partial charge is 0.309 e. The summed E-state index contributed by atoms with van der Waals surface area (Å²) in [4.78, 5) is 34.1. The van der Waals surface area contributed by atoms with Gasteiger partial charge in [-0.2, -0.15) is 4.98 Å². The van der Waals surface area contributed by atoms with Crippen LogP contribution in [-0.2, 0) is 4.84 Å². The predicted octanol–water partition coefficient (Wildman–Crippen LogP) is 0.434. The molecule has 0 atom stereocenters. The average Bonchev–Trinajstić information content (AvgIpc) is 2.26. The Morgan fingerprint density at radius 2 is 2.19 bits per heavy atom. The first-order valence-corrected chi connectivity index (χ1v) is 5.70. The summed E-state index contributed by atoms with van der Waals surface area (Å²) in [5.74, 6) is -0.340. The number of carbonyl (C=O) groups is 1. The molecule has 0 fully saturated rings. The molecule has 0 aliphatic rings. The Kier molecular flexibility index (Phi) is 4.08. The number of thioether (sulfide) groups is 1. The van der Waals surface area contributed by atoms with Gasteiger partial charge in [-0.1, -0.05) is 0 Å². The van der Waals surface area contributed by atoms with E-state index in [2.05, 4.69) is 9.97 Å². The van der Waals surface area contributed by atoms with Gasteiger partial charge in [-0.05, 0) is 13.2 Å². The second-order valence-electron chi connectivity index (χ2n) is 3.04. The largest absolute Gasteiger partial charge is 0.346 e. The number of aromatic amines is 1. The van der Waals surface area contributed by atoms with Gasteiger partial charge in [0.2, 0.25) is 0 Å². The van der Waals surface area contributed by atoms with Crippen molar-refractivity contribution in [3.63, 3.8) is 0 Å². The van der Waals surface area contributed by atoms with E-state index in [1.807, 2.05) is 0 Å². The third-order valence-electron chi connectivity index (χ3n) is 2.05. The maximum atomic E-state index is 11.9. The highest BCUT2D eigenvalue weighted by atomic mass is 32.2. The van der Waals surface area contributed by atoms with Crippen LogP contribution in [0.15, 0.2) is 9.82 Å². The van der Waals surface area contributed by atoms with Crippen LogP contribution in [0.2, 0.25) is 0 Å². The fourth-order valence-electron chi connectivity index (χ4n) is 1.20. The minimum atomic E-state index is -0.460. The van der Waals surface area contributed by atoms with E-state index in [1.54, 1.807) is 13.2 Å². The van der Waals surface area contributed by atoms with Crippen LogP contribution in [-0.4, -0.2) is 41.4 Å². The molecule has 1 heterocycles. The van der Waals surface area contributed by atoms with Crippen LogP contribution >= 0.6 is 11.8 Å². The third-order valence-corrected chi connectivity index (χ3v) is 2.74. The summed E-state index contributed by atoms with van der Waals surface area (Å²) in [7, 11) is 2.89. The van der Waals surface area contributed by atoms with Gasteiger partial charge in [0.1, 0.15) is 5.03 Å². The van der Waals surface area contributed by atoms with E-state index < -0.39 is 5.69 Å². The molecule has 0 aliphatic heterocycles. The number of carbonyl (C=O) groups excluding carboxylic acids is 1. The summed E-state index contributed by atoms with van der Waals surface area (Å²) in [5.41, 5.74) is 0.383. The van der Waals surface area contributed by atoms with Crippen molar-refractivity contribution in [2.75, 3.05) is 20.4 Å². The molecule has 6 nitrogen and oxygen atoms in total. The van der Waals surface area contributed by atoms with E-state index in [1.165, 1.54) is 25.9 Å². The van der Waals surface area contributed by atoms with Crippen molar-refractivity contribution in [1.29, 1.82) is 0 Å². The molecule has 88 valence electrons. The zero-order valence-electron chi connectivity index (χ0n) is 9.53. The van der Waals surface area contributed by atoms with Gasteiger partial charge < -0.3 is 4.98 Å². The van der Waals surface area contributed by atoms with Gasteiger partial charge >= 0.3 is 5.69 Å². The van der Waals surface area contributed by atoms with Crippen molar-refractivity contribution in [2.24, 2.45) is 0 Å². The fourth-order valence-corrected chi connectivity index (χ4v) is 1.82. The Bertz CT molecular complexity index is 458. The number of nitrogens with zero attached hydrogens (tertiary/aromatic N) is 2. The lowest BCUT2D eigenvalue weighted by molar-refractivity contribution is -0.0760. The van der Waals surface area contributed by atoms with E-state index in [4.69, 9.17) is 4.84 Å². The Hall–Kier alpha value is -1.34. The number of hydrogen-bond acceptors (Lipinski definition) is 5. The van der Waals surface area contributed by atoms with E-state index in [9.17, 15) is 9.59 Å². The number of H-pyrrole nitrogens is 1. The van der Waals surface area contributed by atoms with Gasteiger partial charge in [-0.15, -0.1) is 11.8 Å². The minimum absolute atomic E-state index is 0.340. The molecule has 1 amide bonds. The number of nitrogens with one attached hydrogen (secondary N) is 1. The van der Waals surface area contributed by atoms with Crippen molar-refractivity contribution >= 4 is 17.7 Å². The maximum absolute atomic E-state index is 11.9. The van der Waals surface area contributed by atoms with Crippen LogP contribution in [0.25, 0.3) is 0 Å². The van der Waals surface area contributed by atoms with E-state index in [0.29, 0.717) is 16.3 Å². The fraction of sp³-hybridized carbons (Fsp3) is 0.444. The van der Waals surface area contributed by atoms with Crippen LogP contribution in [0.3, 0.4) is 0 Å². The first-order chi connectivity index (χ1) is 7.51. The lowest BCUT2D eigenvalue weighted by Crippen LogP contribution is -2.29. The third kappa shape index (κ3) is 2.42. The van der Waals surface area contributed by atoms with Crippen molar-refractivity contribution in [1.82, 2.24) is 15.0 Å². The molecule has 1 N–H and O–H groups in total. The quantitative estimate of drug-likeness (QED) is 0.473. The molecule has 1 rings (SSSR count).